The number of rotatable bonds is 1. The molecule has 0 N–H and O–H groups in total. The molecule has 3 rings (SSSR count). The van der Waals surface area contributed by atoms with Gasteiger partial charge in [0.1, 0.15) is 0 Å². The Morgan fingerprint density at radius 2 is 1.80 bits per heavy atom. The van der Waals surface area contributed by atoms with Crippen molar-refractivity contribution in [1.82, 2.24) is 4.90 Å². The van der Waals surface area contributed by atoms with Crippen LogP contribution in [0, 0.1) is 13.8 Å². The Morgan fingerprint density at radius 3 is 2.55 bits per heavy atom. The van der Waals surface area contributed by atoms with Crippen LogP contribution in [0.1, 0.15) is 32.6 Å². The fraction of sp³-hybridized carbons (Fsp3) is 0.278. The van der Waals surface area contributed by atoms with E-state index < -0.39 is 0 Å². The molecule has 0 spiro atoms. The number of hydrogen-bond acceptors (Lipinski definition) is 1. The zero-order valence-corrected chi connectivity index (χ0v) is 12.0. The molecule has 102 valence electrons. The van der Waals surface area contributed by atoms with Gasteiger partial charge in [0.05, 0.1) is 0 Å². The third-order valence-corrected chi connectivity index (χ3v) is 4.03. The average Bonchev–Trinajstić information content (AvgIpc) is 2.46. The second-order valence-corrected chi connectivity index (χ2v) is 5.56. The van der Waals surface area contributed by atoms with Crippen molar-refractivity contribution in [1.29, 1.82) is 0 Å². The van der Waals surface area contributed by atoms with Crippen LogP contribution >= 0.6 is 0 Å². The number of carbonyl (C=O) groups excluding carboxylic acids is 1. The van der Waals surface area contributed by atoms with Gasteiger partial charge in [-0.2, -0.15) is 0 Å². The summed E-state index contributed by atoms with van der Waals surface area (Å²) in [6, 6.07) is 14.4. The van der Waals surface area contributed by atoms with Crippen LogP contribution in [0.25, 0.3) is 0 Å². The Balaban J connectivity index is 1.86. The highest BCUT2D eigenvalue weighted by Crippen LogP contribution is 2.21. The van der Waals surface area contributed by atoms with Crippen molar-refractivity contribution in [3.05, 3.63) is 70.3 Å². The minimum Gasteiger partial charge on any atom is -0.334 e. The van der Waals surface area contributed by atoms with Gasteiger partial charge in [-0.15, -0.1) is 0 Å². The van der Waals surface area contributed by atoms with Crippen LogP contribution in [0.15, 0.2) is 42.5 Å². The van der Waals surface area contributed by atoms with Crippen molar-refractivity contribution in [2.45, 2.75) is 26.8 Å². The Labute approximate surface area is 120 Å². The van der Waals surface area contributed by atoms with E-state index in [-0.39, 0.29) is 5.91 Å². The predicted octanol–water partition coefficient (Wildman–Crippen LogP) is 3.50. The SMILES string of the molecule is Cc1ccc(C(=O)N2CCc3ccccc3C2)c(C)c1. The molecule has 0 unspecified atom stereocenters. The molecular formula is C18H19NO. The van der Waals surface area contributed by atoms with Gasteiger partial charge in [-0.05, 0) is 43.0 Å². The molecular weight excluding hydrogens is 246 g/mol. The molecule has 0 aromatic heterocycles. The van der Waals surface area contributed by atoms with Crippen LogP contribution < -0.4 is 0 Å². The highest BCUT2D eigenvalue weighted by molar-refractivity contribution is 5.95. The summed E-state index contributed by atoms with van der Waals surface area (Å²) in [6.45, 7) is 5.60. The summed E-state index contributed by atoms with van der Waals surface area (Å²) >= 11 is 0. The van der Waals surface area contributed by atoms with Crippen molar-refractivity contribution >= 4 is 5.91 Å². The number of carbonyl (C=O) groups is 1. The van der Waals surface area contributed by atoms with Crippen LogP contribution in [0.3, 0.4) is 0 Å². The Bertz CT molecular complexity index is 660. The molecule has 1 aliphatic rings. The van der Waals surface area contributed by atoms with Gasteiger partial charge in [0.15, 0.2) is 0 Å². The van der Waals surface area contributed by atoms with E-state index in [1.807, 2.05) is 30.0 Å². The van der Waals surface area contributed by atoms with Gasteiger partial charge in [-0.3, -0.25) is 4.79 Å². The maximum absolute atomic E-state index is 12.7. The quantitative estimate of drug-likeness (QED) is 0.772. The van der Waals surface area contributed by atoms with Crippen molar-refractivity contribution < 1.29 is 4.79 Å². The van der Waals surface area contributed by atoms with E-state index in [0.717, 1.165) is 30.6 Å². The molecule has 0 fully saturated rings. The summed E-state index contributed by atoms with van der Waals surface area (Å²) in [4.78, 5) is 14.6. The lowest BCUT2D eigenvalue weighted by molar-refractivity contribution is 0.0734. The summed E-state index contributed by atoms with van der Waals surface area (Å²) in [5.41, 5.74) is 5.74. The number of amides is 1. The number of nitrogens with zero attached hydrogens (tertiary/aromatic N) is 1. The van der Waals surface area contributed by atoms with Crippen molar-refractivity contribution in [2.75, 3.05) is 6.54 Å². The normalized spacial score (nSPS) is 14.0. The lowest BCUT2D eigenvalue weighted by atomic mass is 9.98. The maximum atomic E-state index is 12.7. The van der Waals surface area contributed by atoms with E-state index in [9.17, 15) is 4.79 Å². The fourth-order valence-electron chi connectivity index (χ4n) is 2.89. The standard InChI is InChI=1S/C18H19NO/c1-13-7-8-17(14(2)11-13)18(20)19-10-9-15-5-3-4-6-16(15)12-19/h3-8,11H,9-10,12H2,1-2H3. The Kier molecular flexibility index (Phi) is 3.31. The topological polar surface area (TPSA) is 20.3 Å². The molecule has 0 radical (unpaired) electrons. The van der Waals surface area contributed by atoms with Gasteiger partial charge in [-0.25, -0.2) is 0 Å². The van der Waals surface area contributed by atoms with E-state index in [0.29, 0.717) is 0 Å². The zero-order valence-electron chi connectivity index (χ0n) is 12.0. The first kappa shape index (κ1) is 12.9. The first-order chi connectivity index (χ1) is 9.65. The first-order valence-electron chi connectivity index (χ1n) is 7.08. The molecule has 0 aliphatic carbocycles. The summed E-state index contributed by atoms with van der Waals surface area (Å²) in [7, 11) is 0. The Hall–Kier alpha value is -2.09. The molecule has 2 nitrogen and oxygen atoms in total. The van der Waals surface area contributed by atoms with E-state index in [1.165, 1.54) is 16.7 Å². The largest absolute Gasteiger partial charge is 0.334 e. The second kappa shape index (κ2) is 5.12. The van der Waals surface area contributed by atoms with Gasteiger partial charge in [-0.1, -0.05) is 42.0 Å². The third kappa shape index (κ3) is 2.34. The third-order valence-electron chi connectivity index (χ3n) is 4.03. The number of benzene rings is 2. The second-order valence-electron chi connectivity index (χ2n) is 5.56. The molecule has 2 heteroatoms. The van der Waals surface area contributed by atoms with E-state index in [2.05, 4.69) is 31.2 Å². The average molecular weight is 265 g/mol. The highest BCUT2D eigenvalue weighted by atomic mass is 16.2. The molecule has 1 heterocycles. The van der Waals surface area contributed by atoms with Crippen LogP contribution in [0.5, 0.6) is 0 Å². The number of fused-ring (bicyclic) bond motifs is 1. The minimum atomic E-state index is 0.150. The molecule has 2 aromatic carbocycles. The van der Waals surface area contributed by atoms with Gasteiger partial charge >= 0.3 is 0 Å². The van der Waals surface area contributed by atoms with Crippen molar-refractivity contribution in [3.63, 3.8) is 0 Å². The van der Waals surface area contributed by atoms with Gasteiger partial charge < -0.3 is 4.90 Å². The molecule has 0 atom stereocenters. The van der Waals surface area contributed by atoms with Gasteiger partial charge in [0.25, 0.3) is 5.91 Å². The monoisotopic (exact) mass is 265 g/mol. The first-order valence-corrected chi connectivity index (χ1v) is 7.08. The molecule has 2 aromatic rings. The zero-order chi connectivity index (χ0) is 14.1. The molecule has 0 saturated heterocycles. The van der Waals surface area contributed by atoms with Gasteiger partial charge in [0, 0.05) is 18.7 Å². The summed E-state index contributed by atoms with van der Waals surface area (Å²) in [5, 5.41) is 0. The fourth-order valence-corrected chi connectivity index (χ4v) is 2.89. The van der Waals surface area contributed by atoms with E-state index >= 15 is 0 Å². The number of aryl methyl sites for hydroxylation is 2. The van der Waals surface area contributed by atoms with Gasteiger partial charge in [0.2, 0.25) is 0 Å². The smallest absolute Gasteiger partial charge is 0.254 e. The van der Waals surface area contributed by atoms with Crippen LogP contribution in [0.2, 0.25) is 0 Å². The lowest BCUT2D eigenvalue weighted by Crippen LogP contribution is -2.36. The molecule has 1 amide bonds. The summed E-state index contributed by atoms with van der Waals surface area (Å²) < 4.78 is 0. The minimum absolute atomic E-state index is 0.150. The van der Waals surface area contributed by atoms with Crippen molar-refractivity contribution in [3.8, 4) is 0 Å². The molecule has 1 aliphatic heterocycles. The molecule has 0 bridgehead atoms. The van der Waals surface area contributed by atoms with Crippen LogP contribution in [-0.4, -0.2) is 17.4 Å². The van der Waals surface area contributed by atoms with Crippen molar-refractivity contribution in [2.24, 2.45) is 0 Å². The predicted molar refractivity (Wildman–Crippen MR) is 80.8 cm³/mol. The van der Waals surface area contributed by atoms with Crippen LogP contribution in [-0.2, 0) is 13.0 Å². The summed E-state index contributed by atoms with van der Waals surface area (Å²) in [6.07, 6.45) is 0.951. The van der Waals surface area contributed by atoms with Crippen LogP contribution in [0.4, 0.5) is 0 Å². The lowest BCUT2D eigenvalue weighted by Gasteiger charge is -2.29. The maximum Gasteiger partial charge on any atom is 0.254 e. The molecule has 20 heavy (non-hydrogen) atoms. The summed E-state index contributed by atoms with van der Waals surface area (Å²) in [5.74, 6) is 0.150. The highest BCUT2D eigenvalue weighted by Gasteiger charge is 2.22. The van der Waals surface area contributed by atoms with E-state index in [1.54, 1.807) is 0 Å². The molecule has 0 saturated carbocycles. The van der Waals surface area contributed by atoms with E-state index in [4.69, 9.17) is 0 Å². The Morgan fingerprint density at radius 1 is 1.05 bits per heavy atom. The number of hydrogen-bond donors (Lipinski definition) is 0.